The third kappa shape index (κ3) is 4.76. The molecule has 3 aromatic rings. The molecular weight excluding hydrogens is 352 g/mol. The van der Waals surface area contributed by atoms with Crippen molar-refractivity contribution in [3.63, 3.8) is 0 Å². The standard InChI is InChI=1S/C22H26N4O2/c1-15(2)19-6-5-16(3)21(11-19)28-12-22(27)25-17(4)18-7-9-20(10-8-18)26-14-23-13-24-26/h5-11,13-15,17H,12H2,1-4H3,(H,25,27). The molecule has 2 aromatic carbocycles. The highest BCUT2D eigenvalue weighted by molar-refractivity contribution is 5.78. The Hall–Kier alpha value is -3.15. The second-order valence-corrected chi connectivity index (χ2v) is 7.19. The van der Waals surface area contributed by atoms with Crippen LogP contribution in [0, 0.1) is 6.92 Å². The van der Waals surface area contributed by atoms with Gasteiger partial charge in [-0.25, -0.2) is 9.67 Å². The smallest absolute Gasteiger partial charge is 0.258 e. The second kappa shape index (κ2) is 8.69. The Morgan fingerprint density at radius 1 is 1.11 bits per heavy atom. The van der Waals surface area contributed by atoms with E-state index in [0.29, 0.717) is 5.92 Å². The van der Waals surface area contributed by atoms with Crippen LogP contribution in [0.2, 0.25) is 0 Å². The highest BCUT2D eigenvalue weighted by Gasteiger charge is 2.12. The van der Waals surface area contributed by atoms with Crippen LogP contribution in [0.1, 0.15) is 49.4 Å². The van der Waals surface area contributed by atoms with Crippen molar-refractivity contribution in [3.8, 4) is 11.4 Å². The fourth-order valence-corrected chi connectivity index (χ4v) is 2.90. The number of rotatable bonds is 7. The van der Waals surface area contributed by atoms with Crippen LogP contribution in [0.3, 0.4) is 0 Å². The molecule has 6 nitrogen and oxygen atoms in total. The zero-order chi connectivity index (χ0) is 20.1. The first-order valence-corrected chi connectivity index (χ1v) is 9.41. The minimum atomic E-state index is -0.151. The Morgan fingerprint density at radius 3 is 2.46 bits per heavy atom. The first-order valence-electron chi connectivity index (χ1n) is 9.41. The topological polar surface area (TPSA) is 69.0 Å². The van der Waals surface area contributed by atoms with Crippen LogP contribution < -0.4 is 10.1 Å². The third-order valence-corrected chi connectivity index (χ3v) is 4.69. The van der Waals surface area contributed by atoms with E-state index in [4.69, 9.17) is 4.74 Å². The number of carbonyl (C=O) groups excluding carboxylic acids is 1. The molecule has 0 saturated carbocycles. The predicted octanol–water partition coefficient (Wildman–Crippen LogP) is 3.96. The van der Waals surface area contributed by atoms with Gasteiger partial charge in [0.1, 0.15) is 18.4 Å². The molecule has 0 fully saturated rings. The highest BCUT2D eigenvalue weighted by atomic mass is 16.5. The third-order valence-electron chi connectivity index (χ3n) is 4.69. The number of hydrogen-bond acceptors (Lipinski definition) is 4. The van der Waals surface area contributed by atoms with Gasteiger partial charge in [-0.05, 0) is 54.7 Å². The van der Waals surface area contributed by atoms with E-state index >= 15 is 0 Å². The first-order chi connectivity index (χ1) is 13.4. The van der Waals surface area contributed by atoms with Crippen LogP contribution in [0.25, 0.3) is 5.69 Å². The van der Waals surface area contributed by atoms with Crippen molar-refractivity contribution in [1.82, 2.24) is 20.1 Å². The largest absolute Gasteiger partial charge is 0.483 e. The van der Waals surface area contributed by atoms with Gasteiger partial charge in [-0.2, -0.15) is 5.10 Å². The number of aryl methyl sites for hydroxylation is 1. The highest BCUT2D eigenvalue weighted by Crippen LogP contribution is 2.24. The van der Waals surface area contributed by atoms with Crippen LogP contribution in [-0.2, 0) is 4.79 Å². The lowest BCUT2D eigenvalue weighted by Gasteiger charge is -2.16. The molecule has 3 rings (SSSR count). The van der Waals surface area contributed by atoms with Gasteiger partial charge in [-0.1, -0.05) is 38.1 Å². The molecule has 0 saturated heterocycles. The zero-order valence-corrected chi connectivity index (χ0v) is 16.7. The zero-order valence-electron chi connectivity index (χ0n) is 16.7. The van der Waals surface area contributed by atoms with Crippen LogP contribution in [-0.4, -0.2) is 27.3 Å². The Balaban J connectivity index is 1.57. The molecule has 0 spiro atoms. The molecule has 1 N–H and O–H groups in total. The minimum absolute atomic E-state index is 0.0102. The van der Waals surface area contributed by atoms with E-state index in [0.717, 1.165) is 22.6 Å². The molecule has 146 valence electrons. The fraction of sp³-hybridized carbons (Fsp3) is 0.318. The number of nitrogens with zero attached hydrogens (tertiary/aromatic N) is 3. The molecule has 0 aliphatic rings. The van der Waals surface area contributed by atoms with Crippen LogP contribution in [0.4, 0.5) is 0 Å². The summed E-state index contributed by atoms with van der Waals surface area (Å²) >= 11 is 0. The molecular formula is C22H26N4O2. The lowest BCUT2D eigenvalue weighted by atomic mass is 10.0. The summed E-state index contributed by atoms with van der Waals surface area (Å²) in [5, 5.41) is 7.08. The van der Waals surface area contributed by atoms with Gasteiger partial charge in [-0.15, -0.1) is 0 Å². The summed E-state index contributed by atoms with van der Waals surface area (Å²) in [6.07, 6.45) is 3.14. The van der Waals surface area contributed by atoms with Gasteiger partial charge in [0.25, 0.3) is 5.91 Å². The molecule has 0 radical (unpaired) electrons. The van der Waals surface area contributed by atoms with Gasteiger partial charge in [-0.3, -0.25) is 4.79 Å². The summed E-state index contributed by atoms with van der Waals surface area (Å²) in [5.74, 6) is 1.02. The molecule has 0 aliphatic carbocycles. The molecule has 1 heterocycles. The average Bonchev–Trinajstić information content (AvgIpc) is 3.22. The molecule has 28 heavy (non-hydrogen) atoms. The monoisotopic (exact) mass is 378 g/mol. The van der Waals surface area contributed by atoms with Crippen molar-refractivity contribution in [2.75, 3.05) is 6.61 Å². The average molecular weight is 378 g/mol. The van der Waals surface area contributed by atoms with Crippen LogP contribution >= 0.6 is 0 Å². The van der Waals surface area contributed by atoms with Crippen molar-refractivity contribution in [2.24, 2.45) is 0 Å². The van der Waals surface area contributed by atoms with Gasteiger partial charge in [0.05, 0.1) is 11.7 Å². The van der Waals surface area contributed by atoms with Crippen molar-refractivity contribution in [1.29, 1.82) is 0 Å². The lowest BCUT2D eigenvalue weighted by Crippen LogP contribution is -2.31. The van der Waals surface area contributed by atoms with Crippen LogP contribution in [0.5, 0.6) is 5.75 Å². The Labute approximate surface area is 165 Å². The summed E-state index contributed by atoms with van der Waals surface area (Å²) in [4.78, 5) is 16.3. The van der Waals surface area contributed by atoms with E-state index < -0.39 is 0 Å². The summed E-state index contributed by atoms with van der Waals surface area (Å²) in [6.45, 7) is 8.20. The molecule has 1 amide bonds. The summed E-state index contributed by atoms with van der Waals surface area (Å²) in [7, 11) is 0. The Bertz CT molecular complexity index is 918. The van der Waals surface area contributed by atoms with Gasteiger partial charge in [0, 0.05) is 0 Å². The van der Waals surface area contributed by atoms with Gasteiger partial charge in [0.2, 0.25) is 0 Å². The first kappa shape index (κ1) is 19.6. The maximum atomic E-state index is 12.3. The van der Waals surface area contributed by atoms with Gasteiger partial charge >= 0.3 is 0 Å². The SMILES string of the molecule is Cc1ccc(C(C)C)cc1OCC(=O)NC(C)c1ccc(-n2cncn2)cc1. The second-order valence-electron chi connectivity index (χ2n) is 7.19. The quantitative estimate of drug-likeness (QED) is 0.676. The number of carbonyl (C=O) groups is 1. The number of aromatic nitrogens is 3. The molecule has 1 unspecified atom stereocenters. The Morgan fingerprint density at radius 2 is 1.82 bits per heavy atom. The van der Waals surface area contributed by atoms with Gasteiger partial charge in [0.15, 0.2) is 6.61 Å². The maximum Gasteiger partial charge on any atom is 0.258 e. The van der Waals surface area contributed by atoms with Gasteiger partial charge < -0.3 is 10.1 Å². The number of nitrogens with one attached hydrogen (secondary N) is 1. The number of benzene rings is 2. The van der Waals surface area contributed by atoms with Crippen LogP contribution in [0.15, 0.2) is 55.1 Å². The van der Waals surface area contributed by atoms with Crippen molar-refractivity contribution in [2.45, 2.75) is 39.7 Å². The molecule has 1 aromatic heterocycles. The van der Waals surface area contributed by atoms with E-state index in [1.807, 2.05) is 50.2 Å². The number of ether oxygens (including phenoxy) is 1. The van der Waals surface area contributed by atoms with Crippen molar-refractivity contribution in [3.05, 3.63) is 71.8 Å². The maximum absolute atomic E-state index is 12.3. The lowest BCUT2D eigenvalue weighted by molar-refractivity contribution is -0.123. The predicted molar refractivity (Wildman–Crippen MR) is 109 cm³/mol. The summed E-state index contributed by atoms with van der Waals surface area (Å²) < 4.78 is 7.45. The van der Waals surface area contributed by atoms with E-state index in [9.17, 15) is 4.79 Å². The normalized spacial score (nSPS) is 12.0. The fourth-order valence-electron chi connectivity index (χ4n) is 2.90. The van der Waals surface area contributed by atoms with E-state index in [2.05, 4.69) is 35.3 Å². The minimum Gasteiger partial charge on any atom is -0.483 e. The van der Waals surface area contributed by atoms with Crippen molar-refractivity contribution >= 4 is 5.91 Å². The number of hydrogen-bond donors (Lipinski definition) is 1. The van der Waals surface area contributed by atoms with E-state index in [1.165, 1.54) is 11.9 Å². The summed E-state index contributed by atoms with van der Waals surface area (Å²) in [5.41, 5.74) is 4.15. The van der Waals surface area contributed by atoms with E-state index in [1.54, 1.807) is 11.0 Å². The molecule has 1 atom stereocenters. The molecule has 0 aliphatic heterocycles. The molecule has 0 bridgehead atoms. The van der Waals surface area contributed by atoms with Crippen molar-refractivity contribution < 1.29 is 9.53 Å². The Kier molecular flexibility index (Phi) is 6.09. The molecule has 6 heteroatoms. The summed E-state index contributed by atoms with van der Waals surface area (Å²) in [6, 6.07) is 13.9. The number of amides is 1. The van der Waals surface area contributed by atoms with E-state index in [-0.39, 0.29) is 18.6 Å².